The van der Waals surface area contributed by atoms with Gasteiger partial charge in [0.1, 0.15) is 17.3 Å². The van der Waals surface area contributed by atoms with E-state index in [-0.39, 0.29) is 17.8 Å². The molecular formula is C24H23F2N3O. The zero-order valence-corrected chi connectivity index (χ0v) is 16.8. The average molecular weight is 407 g/mol. The summed E-state index contributed by atoms with van der Waals surface area (Å²) in [7, 11) is 0. The number of carbonyl (C=O) groups is 1. The molecule has 3 aromatic rings. The van der Waals surface area contributed by atoms with Gasteiger partial charge in [-0.15, -0.1) is 0 Å². The molecule has 0 atom stereocenters. The fourth-order valence-corrected chi connectivity index (χ4v) is 3.05. The van der Waals surface area contributed by atoms with Crippen molar-refractivity contribution in [2.75, 3.05) is 5.73 Å². The Kier molecular flexibility index (Phi) is 6.47. The molecule has 0 bridgehead atoms. The summed E-state index contributed by atoms with van der Waals surface area (Å²) in [4.78, 5) is 12.8. The van der Waals surface area contributed by atoms with E-state index in [0.717, 1.165) is 5.57 Å². The summed E-state index contributed by atoms with van der Waals surface area (Å²) in [5, 5.41) is 3.40. The van der Waals surface area contributed by atoms with Gasteiger partial charge in [-0.05, 0) is 56.3 Å². The Labute approximate surface area is 174 Å². The Hall–Kier alpha value is -3.67. The van der Waals surface area contributed by atoms with Crippen LogP contribution in [0.5, 0.6) is 0 Å². The lowest BCUT2D eigenvalue weighted by molar-refractivity contribution is 0.0961. The highest BCUT2D eigenvalue weighted by molar-refractivity contribution is 5.99. The van der Waals surface area contributed by atoms with E-state index in [0.29, 0.717) is 16.6 Å². The Morgan fingerprint density at radius 2 is 1.87 bits per heavy atom. The van der Waals surface area contributed by atoms with Crippen LogP contribution in [0.3, 0.4) is 0 Å². The maximum absolute atomic E-state index is 14.2. The lowest BCUT2D eigenvalue weighted by Crippen LogP contribution is -2.21. The first-order valence-electron chi connectivity index (χ1n) is 9.49. The molecule has 0 radical (unpaired) electrons. The standard InChI is InChI=1S/C24H23F2N3O/c1-3-16(2)7-4-5-12-28-24(30)23-14-17-13-18(27)10-11-22(17)29(23)15-19-20(25)8-6-9-21(19)26/h3-14H,15,27H2,1-2H3,(H,28,30)/b7-4-,12-5+,16-3-. The topological polar surface area (TPSA) is 60.1 Å². The van der Waals surface area contributed by atoms with Crippen LogP contribution in [0.4, 0.5) is 14.5 Å². The maximum Gasteiger partial charge on any atom is 0.271 e. The van der Waals surface area contributed by atoms with Crippen LogP contribution in [-0.4, -0.2) is 10.5 Å². The van der Waals surface area contributed by atoms with E-state index < -0.39 is 17.5 Å². The lowest BCUT2D eigenvalue weighted by atomic mass is 10.2. The number of anilines is 1. The van der Waals surface area contributed by atoms with Gasteiger partial charge in [0.25, 0.3) is 5.91 Å². The van der Waals surface area contributed by atoms with Crippen molar-refractivity contribution in [3.05, 3.63) is 101 Å². The summed E-state index contributed by atoms with van der Waals surface area (Å²) >= 11 is 0. The molecule has 0 aliphatic rings. The Morgan fingerprint density at radius 1 is 1.13 bits per heavy atom. The minimum atomic E-state index is -0.664. The summed E-state index contributed by atoms with van der Waals surface area (Å²) in [6, 6.07) is 10.5. The predicted molar refractivity (Wildman–Crippen MR) is 117 cm³/mol. The zero-order valence-electron chi connectivity index (χ0n) is 16.8. The van der Waals surface area contributed by atoms with Crippen LogP contribution < -0.4 is 11.1 Å². The largest absolute Gasteiger partial charge is 0.399 e. The zero-order chi connectivity index (χ0) is 21.7. The molecule has 4 nitrogen and oxygen atoms in total. The highest BCUT2D eigenvalue weighted by atomic mass is 19.1. The fourth-order valence-electron chi connectivity index (χ4n) is 3.05. The number of halogens is 2. The van der Waals surface area contributed by atoms with E-state index in [9.17, 15) is 13.6 Å². The van der Waals surface area contributed by atoms with Crippen LogP contribution in [0.2, 0.25) is 0 Å². The third-order valence-electron chi connectivity index (χ3n) is 4.77. The highest BCUT2D eigenvalue weighted by Gasteiger charge is 2.18. The van der Waals surface area contributed by atoms with Crippen LogP contribution in [0.25, 0.3) is 10.9 Å². The van der Waals surface area contributed by atoms with Gasteiger partial charge in [-0.2, -0.15) is 0 Å². The summed E-state index contributed by atoms with van der Waals surface area (Å²) in [6.07, 6.45) is 8.90. The first-order chi connectivity index (χ1) is 14.4. The predicted octanol–water partition coefficient (Wildman–Crippen LogP) is 5.32. The van der Waals surface area contributed by atoms with E-state index in [2.05, 4.69) is 5.32 Å². The minimum absolute atomic E-state index is 0.110. The van der Waals surface area contributed by atoms with Crippen molar-refractivity contribution in [1.82, 2.24) is 9.88 Å². The van der Waals surface area contributed by atoms with Crippen LogP contribution in [0.1, 0.15) is 29.9 Å². The van der Waals surface area contributed by atoms with E-state index in [1.165, 1.54) is 24.4 Å². The van der Waals surface area contributed by atoms with Gasteiger partial charge in [-0.1, -0.05) is 29.9 Å². The highest BCUT2D eigenvalue weighted by Crippen LogP contribution is 2.25. The first kappa shape index (κ1) is 21.0. The first-order valence-corrected chi connectivity index (χ1v) is 9.49. The number of rotatable bonds is 6. The Bertz CT molecular complexity index is 1150. The van der Waals surface area contributed by atoms with E-state index in [1.54, 1.807) is 41.0 Å². The molecule has 3 rings (SSSR count). The molecule has 3 N–H and O–H groups in total. The molecule has 1 amide bonds. The van der Waals surface area contributed by atoms with Crippen molar-refractivity contribution in [1.29, 1.82) is 0 Å². The second-order valence-electron chi connectivity index (χ2n) is 6.86. The number of allylic oxidation sites excluding steroid dienone is 5. The van der Waals surface area contributed by atoms with Crippen LogP contribution in [0, 0.1) is 11.6 Å². The summed E-state index contributed by atoms with van der Waals surface area (Å²) in [5.41, 5.74) is 8.31. The number of hydrogen-bond donors (Lipinski definition) is 2. The number of nitrogen functional groups attached to an aromatic ring is 1. The molecule has 0 aliphatic heterocycles. The van der Waals surface area contributed by atoms with Gasteiger partial charge in [-0.3, -0.25) is 4.79 Å². The fraction of sp³-hybridized carbons (Fsp3) is 0.125. The van der Waals surface area contributed by atoms with Crippen LogP contribution in [0.15, 0.2) is 78.5 Å². The smallest absolute Gasteiger partial charge is 0.271 e. The molecule has 1 heterocycles. The monoisotopic (exact) mass is 407 g/mol. The van der Waals surface area contributed by atoms with Crippen molar-refractivity contribution in [3.63, 3.8) is 0 Å². The van der Waals surface area contributed by atoms with Crippen molar-refractivity contribution in [2.24, 2.45) is 0 Å². The number of nitrogens with one attached hydrogen (secondary N) is 1. The van der Waals surface area contributed by atoms with Gasteiger partial charge in [0, 0.05) is 28.4 Å². The van der Waals surface area contributed by atoms with Gasteiger partial charge in [0.2, 0.25) is 0 Å². The number of nitrogens with two attached hydrogens (primary N) is 1. The number of hydrogen-bond acceptors (Lipinski definition) is 2. The Balaban J connectivity index is 1.95. The normalized spacial score (nSPS) is 12.3. The SMILES string of the molecule is C\C=C(C)/C=C\C=C\NC(=O)c1cc2cc(N)ccc2n1Cc1c(F)cccc1F. The molecule has 0 spiro atoms. The molecule has 1 aromatic heterocycles. The summed E-state index contributed by atoms with van der Waals surface area (Å²) in [5.74, 6) is -1.72. The minimum Gasteiger partial charge on any atom is -0.399 e. The average Bonchev–Trinajstić information content (AvgIpc) is 3.07. The van der Waals surface area contributed by atoms with E-state index in [4.69, 9.17) is 5.73 Å². The number of nitrogens with zero attached hydrogens (tertiary/aromatic N) is 1. The van der Waals surface area contributed by atoms with Gasteiger partial charge >= 0.3 is 0 Å². The number of fused-ring (bicyclic) bond motifs is 1. The van der Waals surface area contributed by atoms with E-state index in [1.807, 2.05) is 26.0 Å². The van der Waals surface area contributed by atoms with Gasteiger partial charge in [-0.25, -0.2) is 8.78 Å². The summed E-state index contributed by atoms with van der Waals surface area (Å²) < 4.78 is 30.0. The molecule has 2 aromatic carbocycles. The lowest BCUT2D eigenvalue weighted by Gasteiger charge is -2.12. The number of aromatic nitrogens is 1. The van der Waals surface area contributed by atoms with Gasteiger partial charge in [0.05, 0.1) is 6.54 Å². The van der Waals surface area contributed by atoms with Crippen LogP contribution in [-0.2, 0) is 6.54 Å². The van der Waals surface area contributed by atoms with Crippen molar-refractivity contribution < 1.29 is 13.6 Å². The van der Waals surface area contributed by atoms with Gasteiger partial charge in [0.15, 0.2) is 0 Å². The molecular weight excluding hydrogens is 384 g/mol. The molecule has 0 saturated carbocycles. The number of benzene rings is 2. The van der Waals surface area contributed by atoms with Crippen molar-refractivity contribution in [2.45, 2.75) is 20.4 Å². The molecule has 0 unspecified atom stereocenters. The number of amides is 1. The third-order valence-corrected chi connectivity index (χ3v) is 4.77. The van der Waals surface area contributed by atoms with E-state index >= 15 is 0 Å². The van der Waals surface area contributed by atoms with Crippen molar-refractivity contribution in [3.8, 4) is 0 Å². The molecule has 0 aliphatic carbocycles. The van der Waals surface area contributed by atoms with Gasteiger partial charge < -0.3 is 15.6 Å². The summed E-state index contributed by atoms with van der Waals surface area (Å²) in [6.45, 7) is 3.78. The number of carbonyl (C=O) groups excluding carboxylic acids is 1. The Morgan fingerprint density at radius 3 is 2.57 bits per heavy atom. The van der Waals surface area contributed by atoms with Crippen molar-refractivity contribution >= 4 is 22.5 Å². The molecule has 6 heteroatoms. The molecule has 154 valence electrons. The molecule has 30 heavy (non-hydrogen) atoms. The second-order valence-corrected chi connectivity index (χ2v) is 6.86. The maximum atomic E-state index is 14.2. The quantitative estimate of drug-likeness (QED) is 0.429. The molecule has 0 fully saturated rings. The second kappa shape index (κ2) is 9.22. The molecule has 0 saturated heterocycles. The third kappa shape index (κ3) is 4.66. The van der Waals surface area contributed by atoms with Crippen LogP contribution >= 0.6 is 0 Å².